The van der Waals surface area contributed by atoms with Gasteiger partial charge in [-0.3, -0.25) is 4.79 Å². The van der Waals surface area contributed by atoms with Crippen LogP contribution in [0.5, 0.6) is 0 Å². The monoisotopic (exact) mass is 227 g/mol. The fourth-order valence-corrected chi connectivity index (χ4v) is 2.31. The molecule has 1 saturated carbocycles. The van der Waals surface area contributed by atoms with Gasteiger partial charge in [-0.15, -0.1) is 0 Å². The van der Waals surface area contributed by atoms with Crippen LogP contribution in [0.25, 0.3) is 0 Å². The van der Waals surface area contributed by atoms with E-state index in [1.807, 2.05) is 0 Å². The highest BCUT2D eigenvalue weighted by Gasteiger charge is 2.26. The van der Waals surface area contributed by atoms with Gasteiger partial charge in [-0.25, -0.2) is 0 Å². The molecule has 2 N–H and O–H groups in total. The van der Waals surface area contributed by atoms with E-state index in [0.717, 1.165) is 32.1 Å². The highest BCUT2D eigenvalue weighted by molar-refractivity contribution is 5.75. The molecule has 0 bridgehead atoms. The molecule has 0 heterocycles. The lowest BCUT2D eigenvalue weighted by Gasteiger charge is -2.25. The summed E-state index contributed by atoms with van der Waals surface area (Å²) in [5.41, 5.74) is 5.93. The predicted octanol–water partition coefficient (Wildman–Crippen LogP) is 2.63. The average Bonchev–Trinajstić information content (AvgIpc) is 2.34. The van der Waals surface area contributed by atoms with Crippen LogP contribution in [0.4, 0.5) is 0 Å². The fraction of sp³-hybridized carbons (Fsp3) is 0.923. The smallest absolute Gasteiger partial charge is 0.323 e. The van der Waals surface area contributed by atoms with Gasteiger partial charge in [0.25, 0.3) is 0 Å². The quantitative estimate of drug-likeness (QED) is 0.560. The Morgan fingerprint density at radius 2 is 2.00 bits per heavy atom. The molecule has 0 aromatic heterocycles. The Hall–Kier alpha value is -0.570. The van der Waals surface area contributed by atoms with Gasteiger partial charge in [0, 0.05) is 0 Å². The van der Waals surface area contributed by atoms with Gasteiger partial charge in [-0.05, 0) is 25.2 Å². The molecule has 1 unspecified atom stereocenters. The van der Waals surface area contributed by atoms with Crippen LogP contribution in [-0.2, 0) is 9.53 Å². The van der Waals surface area contributed by atoms with Crippen LogP contribution < -0.4 is 5.73 Å². The third kappa shape index (κ3) is 4.52. The van der Waals surface area contributed by atoms with Gasteiger partial charge in [0.15, 0.2) is 0 Å². The molecule has 0 spiro atoms. The number of rotatable bonds is 6. The van der Waals surface area contributed by atoms with Crippen molar-refractivity contribution in [3.05, 3.63) is 0 Å². The number of unbranched alkanes of at least 4 members (excludes halogenated alkanes) is 2. The van der Waals surface area contributed by atoms with Crippen LogP contribution in [0.2, 0.25) is 0 Å². The van der Waals surface area contributed by atoms with Crippen molar-refractivity contribution in [3.63, 3.8) is 0 Å². The minimum absolute atomic E-state index is 0.192. The Bertz CT molecular complexity index is 200. The third-order valence-corrected chi connectivity index (χ3v) is 3.42. The summed E-state index contributed by atoms with van der Waals surface area (Å²) in [4.78, 5) is 11.7. The number of hydrogen-bond acceptors (Lipinski definition) is 3. The first-order valence-electron chi connectivity index (χ1n) is 6.68. The van der Waals surface area contributed by atoms with E-state index in [-0.39, 0.29) is 12.0 Å². The van der Waals surface area contributed by atoms with Crippen molar-refractivity contribution in [3.8, 4) is 0 Å². The molecule has 1 atom stereocenters. The van der Waals surface area contributed by atoms with Crippen molar-refractivity contribution >= 4 is 5.97 Å². The van der Waals surface area contributed by atoms with E-state index in [1.54, 1.807) is 0 Å². The molecule has 1 rings (SSSR count). The second-order valence-corrected chi connectivity index (χ2v) is 4.80. The summed E-state index contributed by atoms with van der Waals surface area (Å²) < 4.78 is 5.20. The molecule has 16 heavy (non-hydrogen) atoms. The molecule has 1 aliphatic carbocycles. The van der Waals surface area contributed by atoms with E-state index in [2.05, 4.69) is 6.92 Å². The van der Waals surface area contributed by atoms with Gasteiger partial charge in [0.05, 0.1) is 6.61 Å². The second-order valence-electron chi connectivity index (χ2n) is 4.80. The first kappa shape index (κ1) is 13.5. The van der Waals surface area contributed by atoms with Gasteiger partial charge < -0.3 is 10.5 Å². The Morgan fingerprint density at radius 3 is 2.62 bits per heavy atom. The van der Waals surface area contributed by atoms with Crippen molar-refractivity contribution in [2.45, 2.75) is 64.3 Å². The first-order chi connectivity index (χ1) is 7.75. The number of nitrogens with two attached hydrogens (primary N) is 1. The van der Waals surface area contributed by atoms with Gasteiger partial charge in [0.1, 0.15) is 6.04 Å². The van der Waals surface area contributed by atoms with Crippen molar-refractivity contribution < 1.29 is 9.53 Å². The number of carbonyl (C=O) groups excluding carboxylic acids is 1. The van der Waals surface area contributed by atoms with Crippen molar-refractivity contribution in [2.24, 2.45) is 11.7 Å². The number of ether oxygens (including phenoxy) is 1. The molecule has 0 aromatic carbocycles. The number of carbonyl (C=O) groups is 1. The topological polar surface area (TPSA) is 52.3 Å². The summed E-state index contributed by atoms with van der Waals surface area (Å²) in [6, 6.07) is -0.387. The molecule has 1 aliphatic rings. The largest absolute Gasteiger partial charge is 0.465 e. The molecule has 94 valence electrons. The highest BCUT2D eigenvalue weighted by Crippen LogP contribution is 2.26. The lowest BCUT2D eigenvalue weighted by molar-refractivity contribution is -0.147. The minimum atomic E-state index is -0.387. The lowest BCUT2D eigenvalue weighted by atomic mass is 9.84. The minimum Gasteiger partial charge on any atom is -0.465 e. The summed E-state index contributed by atoms with van der Waals surface area (Å²) in [6.45, 7) is 2.67. The van der Waals surface area contributed by atoms with Crippen molar-refractivity contribution in [1.29, 1.82) is 0 Å². The Kier molecular flexibility index (Phi) is 6.46. The molecular formula is C13H25NO2. The normalized spacial score (nSPS) is 19.4. The van der Waals surface area contributed by atoms with Crippen LogP contribution in [0, 0.1) is 5.92 Å². The Balaban J connectivity index is 2.18. The van der Waals surface area contributed by atoms with E-state index in [1.165, 1.54) is 19.3 Å². The molecule has 1 fully saturated rings. The molecule has 0 radical (unpaired) electrons. The van der Waals surface area contributed by atoms with Gasteiger partial charge in [0.2, 0.25) is 0 Å². The summed E-state index contributed by atoms with van der Waals surface area (Å²) in [5, 5.41) is 0. The van der Waals surface area contributed by atoms with Crippen LogP contribution in [0.15, 0.2) is 0 Å². The average molecular weight is 227 g/mol. The third-order valence-electron chi connectivity index (χ3n) is 3.42. The van der Waals surface area contributed by atoms with Gasteiger partial charge in [-0.1, -0.05) is 39.0 Å². The fourth-order valence-electron chi connectivity index (χ4n) is 2.31. The predicted molar refractivity (Wildman–Crippen MR) is 65.0 cm³/mol. The molecular weight excluding hydrogens is 202 g/mol. The standard InChI is InChI=1S/C13H25NO2/c1-2-3-7-10-16-13(15)12(14)11-8-5-4-6-9-11/h11-12H,2-10,14H2,1H3. The molecule has 0 saturated heterocycles. The van der Waals surface area contributed by atoms with Crippen LogP contribution in [-0.4, -0.2) is 18.6 Å². The summed E-state index contributed by atoms with van der Waals surface area (Å²) in [5.74, 6) is 0.162. The molecule has 3 heteroatoms. The Morgan fingerprint density at radius 1 is 1.31 bits per heavy atom. The number of hydrogen-bond donors (Lipinski definition) is 1. The molecule has 3 nitrogen and oxygen atoms in total. The summed E-state index contributed by atoms with van der Waals surface area (Å²) in [7, 11) is 0. The zero-order valence-electron chi connectivity index (χ0n) is 10.4. The lowest BCUT2D eigenvalue weighted by Crippen LogP contribution is -2.40. The van der Waals surface area contributed by atoms with Gasteiger partial charge in [-0.2, -0.15) is 0 Å². The summed E-state index contributed by atoms with van der Waals surface area (Å²) >= 11 is 0. The maximum absolute atomic E-state index is 11.7. The SMILES string of the molecule is CCCCCOC(=O)C(N)C1CCCCC1. The maximum atomic E-state index is 11.7. The molecule has 0 aliphatic heterocycles. The van der Waals surface area contributed by atoms with E-state index < -0.39 is 0 Å². The van der Waals surface area contributed by atoms with E-state index in [0.29, 0.717) is 12.5 Å². The zero-order valence-corrected chi connectivity index (χ0v) is 10.4. The maximum Gasteiger partial charge on any atom is 0.323 e. The van der Waals surface area contributed by atoms with E-state index in [9.17, 15) is 4.79 Å². The van der Waals surface area contributed by atoms with Crippen LogP contribution >= 0.6 is 0 Å². The van der Waals surface area contributed by atoms with Crippen LogP contribution in [0.1, 0.15) is 58.3 Å². The van der Waals surface area contributed by atoms with E-state index in [4.69, 9.17) is 10.5 Å². The molecule has 0 aromatic rings. The Labute approximate surface area is 98.7 Å². The second kappa shape index (κ2) is 7.66. The number of esters is 1. The van der Waals surface area contributed by atoms with Crippen molar-refractivity contribution in [2.75, 3.05) is 6.61 Å². The van der Waals surface area contributed by atoms with Gasteiger partial charge >= 0.3 is 5.97 Å². The summed E-state index contributed by atoms with van der Waals surface area (Å²) in [6.07, 6.45) is 9.10. The van der Waals surface area contributed by atoms with Crippen molar-refractivity contribution in [1.82, 2.24) is 0 Å². The zero-order chi connectivity index (χ0) is 11.8. The first-order valence-corrected chi connectivity index (χ1v) is 6.68. The highest BCUT2D eigenvalue weighted by atomic mass is 16.5. The van der Waals surface area contributed by atoms with Crippen LogP contribution in [0.3, 0.4) is 0 Å². The van der Waals surface area contributed by atoms with E-state index >= 15 is 0 Å². The molecule has 0 amide bonds.